The van der Waals surface area contributed by atoms with E-state index >= 15 is 0 Å². The highest BCUT2D eigenvalue weighted by molar-refractivity contribution is 5.68. The van der Waals surface area contributed by atoms with Crippen LogP contribution in [0.25, 0.3) is 22.8 Å². The van der Waals surface area contributed by atoms with Crippen LogP contribution in [0.15, 0.2) is 48.8 Å². The molecule has 0 aliphatic heterocycles. The van der Waals surface area contributed by atoms with Crippen LogP contribution in [-0.4, -0.2) is 42.6 Å². The van der Waals surface area contributed by atoms with E-state index in [1.807, 2.05) is 36.4 Å². The van der Waals surface area contributed by atoms with Crippen molar-refractivity contribution in [3.05, 3.63) is 59.9 Å². The average Bonchev–Trinajstić information content (AvgIpc) is 2.70. The van der Waals surface area contributed by atoms with Crippen molar-refractivity contribution in [2.24, 2.45) is 0 Å². The third-order valence-corrected chi connectivity index (χ3v) is 4.83. The summed E-state index contributed by atoms with van der Waals surface area (Å²) in [6, 6.07) is 11.4. The van der Waals surface area contributed by atoms with E-state index in [9.17, 15) is 10.2 Å². The van der Waals surface area contributed by atoms with Gasteiger partial charge in [0.15, 0.2) is 0 Å². The topological polar surface area (TPSA) is 92.0 Å². The Balaban J connectivity index is 1.89. The number of aliphatic hydroxyl groups excluding tert-OH is 2. The molecule has 1 aliphatic carbocycles. The third kappa shape index (κ3) is 3.21. The van der Waals surface area contributed by atoms with Gasteiger partial charge in [-0.1, -0.05) is 12.1 Å². The standard InChI is InChI=1S/C20H20N4O2/c25-17-9-7-13-14(8-10-18(17)26)20(16-6-2-4-12-22-16)24-23-19(13)15-5-1-3-11-21-15/h1-6,11-12,17-18,25-26H,7-10H2/t17-,18+. The van der Waals surface area contributed by atoms with E-state index in [1.54, 1.807) is 12.4 Å². The number of hydrogen-bond donors (Lipinski definition) is 2. The van der Waals surface area contributed by atoms with Crippen molar-refractivity contribution in [2.45, 2.75) is 37.9 Å². The Morgan fingerprint density at radius 3 is 1.54 bits per heavy atom. The summed E-state index contributed by atoms with van der Waals surface area (Å²) in [6.45, 7) is 0. The molecule has 0 radical (unpaired) electrons. The lowest BCUT2D eigenvalue weighted by molar-refractivity contribution is 0.00885. The van der Waals surface area contributed by atoms with Crippen LogP contribution in [0.4, 0.5) is 0 Å². The van der Waals surface area contributed by atoms with Gasteiger partial charge in [-0.15, -0.1) is 10.2 Å². The fourth-order valence-electron chi connectivity index (χ4n) is 3.43. The molecule has 0 fully saturated rings. The minimum absolute atomic E-state index is 0.474. The molecule has 0 spiro atoms. The van der Waals surface area contributed by atoms with E-state index in [4.69, 9.17) is 0 Å². The number of hydrogen-bond acceptors (Lipinski definition) is 6. The zero-order chi connectivity index (χ0) is 17.9. The van der Waals surface area contributed by atoms with Crippen LogP contribution in [0, 0.1) is 0 Å². The highest BCUT2D eigenvalue weighted by atomic mass is 16.3. The summed E-state index contributed by atoms with van der Waals surface area (Å²) in [5, 5.41) is 29.2. The Bertz CT molecular complexity index is 813. The first-order valence-corrected chi connectivity index (χ1v) is 8.81. The summed E-state index contributed by atoms with van der Waals surface area (Å²) in [4.78, 5) is 8.84. The third-order valence-electron chi connectivity index (χ3n) is 4.83. The van der Waals surface area contributed by atoms with E-state index in [0.717, 1.165) is 33.9 Å². The van der Waals surface area contributed by atoms with Crippen LogP contribution < -0.4 is 0 Å². The molecule has 4 rings (SSSR count). The molecule has 2 N–H and O–H groups in total. The fraction of sp³-hybridized carbons (Fsp3) is 0.300. The second-order valence-corrected chi connectivity index (χ2v) is 6.50. The van der Waals surface area contributed by atoms with Gasteiger partial charge in [0.1, 0.15) is 11.4 Å². The lowest BCUT2D eigenvalue weighted by Crippen LogP contribution is -2.29. The second-order valence-electron chi connectivity index (χ2n) is 6.50. The van der Waals surface area contributed by atoms with Gasteiger partial charge < -0.3 is 10.2 Å². The summed E-state index contributed by atoms with van der Waals surface area (Å²) >= 11 is 0. The number of nitrogens with zero attached hydrogens (tertiary/aromatic N) is 4. The van der Waals surface area contributed by atoms with Gasteiger partial charge in [0.2, 0.25) is 0 Å². The lowest BCUT2D eigenvalue weighted by Gasteiger charge is -2.24. The van der Waals surface area contributed by atoms with Crippen molar-refractivity contribution in [3.8, 4) is 22.8 Å². The van der Waals surface area contributed by atoms with Crippen LogP contribution in [0.3, 0.4) is 0 Å². The number of rotatable bonds is 2. The SMILES string of the molecule is O[C@@H]1CCc2c(-c3ccccn3)nnc(-c3ccccn3)c2CC[C@@H]1O. The molecule has 3 heterocycles. The van der Waals surface area contributed by atoms with Crippen LogP contribution in [-0.2, 0) is 12.8 Å². The first kappa shape index (κ1) is 16.8. The number of pyridine rings is 2. The monoisotopic (exact) mass is 348 g/mol. The Kier molecular flexibility index (Phi) is 4.69. The molecule has 0 saturated carbocycles. The van der Waals surface area contributed by atoms with Gasteiger partial charge in [-0.3, -0.25) is 9.97 Å². The predicted molar refractivity (Wildman–Crippen MR) is 97.1 cm³/mol. The molecule has 3 aromatic heterocycles. The van der Waals surface area contributed by atoms with E-state index in [2.05, 4.69) is 20.2 Å². The van der Waals surface area contributed by atoms with Crippen molar-refractivity contribution in [3.63, 3.8) is 0 Å². The molecular formula is C20H20N4O2. The molecule has 132 valence electrons. The summed E-state index contributed by atoms with van der Waals surface area (Å²) in [5.41, 5.74) is 5.07. The predicted octanol–water partition coefficient (Wildman–Crippen LogP) is 2.20. The number of aromatic nitrogens is 4. The zero-order valence-corrected chi connectivity index (χ0v) is 14.3. The molecule has 0 amide bonds. The van der Waals surface area contributed by atoms with Crippen LogP contribution in [0.5, 0.6) is 0 Å². The van der Waals surface area contributed by atoms with Crippen molar-refractivity contribution < 1.29 is 10.2 Å². The summed E-state index contributed by atoms with van der Waals surface area (Å²) in [6.07, 6.45) is 4.17. The quantitative estimate of drug-likeness (QED) is 0.738. The van der Waals surface area contributed by atoms with Crippen LogP contribution >= 0.6 is 0 Å². The molecule has 2 atom stereocenters. The maximum absolute atomic E-state index is 10.1. The van der Waals surface area contributed by atoms with E-state index in [0.29, 0.717) is 25.7 Å². The molecule has 3 aromatic rings. The zero-order valence-electron chi connectivity index (χ0n) is 14.3. The minimum Gasteiger partial charge on any atom is -0.390 e. The molecule has 0 bridgehead atoms. The molecule has 0 saturated heterocycles. The Labute approximate surface area is 151 Å². The van der Waals surface area contributed by atoms with Crippen LogP contribution in [0.2, 0.25) is 0 Å². The number of aliphatic hydroxyl groups is 2. The Morgan fingerprint density at radius 1 is 0.692 bits per heavy atom. The normalized spacial score (nSPS) is 20.1. The molecule has 26 heavy (non-hydrogen) atoms. The van der Waals surface area contributed by atoms with Crippen molar-refractivity contribution in [1.29, 1.82) is 0 Å². The van der Waals surface area contributed by atoms with Gasteiger partial charge in [0, 0.05) is 12.4 Å². The molecule has 0 unspecified atom stereocenters. The van der Waals surface area contributed by atoms with Gasteiger partial charge in [-0.25, -0.2) is 0 Å². The maximum Gasteiger partial charge on any atom is 0.115 e. The maximum atomic E-state index is 10.1. The Hall–Kier alpha value is -2.70. The highest BCUT2D eigenvalue weighted by Gasteiger charge is 2.26. The van der Waals surface area contributed by atoms with Gasteiger partial charge in [-0.05, 0) is 61.1 Å². The number of fused-ring (bicyclic) bond motifs is 1. The van der Waals surface area contributed by atoms with Crippen LogP contribution in [0.1, 0.15) is 24.0 Å². The van der Waals surface area contributed by atoms with Gasteiger partial charge in [0.05, 0.1) is 23.6 Å². The van der Waals surface area contributed by atoms with E-state index in [1.165, 1.54) is 0 Å². The molecule has 6 nitrogen and oxygen atoms in total. The summed E-state index contributed by atoms with van der Waals surface area (Å²) in [7, 11) is 0. The van der Waals surface area contributed by atoms with E-state index in [-0.39, 0.29) is 0 Å². The smallest absolute Gasteiger partial charge is 0.115 e. The van der Waals surface area contributed by atoms with Gasteiger partial charge in [0.25, 0.3) is 0 Å². The highest BCUT2D eigenvalue weighted by Crippen LogP contribution is 2.32. The molecular weight excluding hydrogens is 328 g/mol. The van der Waals surface area contributed by atoms with Gasteiger partial charge >= 0.3 is 0 Å². The van der Waals surface area contributed by atoms with Gasteiger partial charge in [-0.2, -0.15) is 0 Å². The van der Waals surface area contributed by atoms with Crippen molar-refractivity contribution >= 4 is 0 Å². The fourth-order valence-corrected chi connectivity index (χ4v) is 3.43. The molecule has 1 aliphatic rings. The largest absolute Gasteiger partial charge is 0.390 e. The average molecular weight is 348 g/mol. The lowest BCUT2D eigenvalue weighted by atomic mass is 9.87. The van der Waals surface area contributed by atoms with E-state index < -0.39 is 12.2 Å². The molecule has 6 heteroatoms. The first-order chi connectivity index (χ1) is 12.7. The summed E-state index contributed by atoms with van der Waals surface area (Å²) < 4.78 is 0. The first-order valence-electron chi connectivity index (χ1n) is 8.81. The Morgan fingerprint density at radius 2 is 1.15 bits per heavy atom. The minimum atomic E-state index is -0.730. The van der Waals surface area contributed by atoms with Crippen molar-refractivity contribution in [1.82, 2.24) is 20.2 Å². The van der Waals surface area contributed by atoms with Crippen molar-refractivity contribution in [2.75, 3.05) is 0 Å². The summed E-state index contributed by atoms with van der Waals surface area (Å²) in [5.74, 6) is 0. The second kappa shape index (κ2) is 7.27. The molecule has 0 aromatic carbocycles.